The fourth-order valence-corrected chi connectivity index (χ4v) is 2.15. The summed E-state index contributed by atoms with van der Waals surface area (Å²) in [5.41, 5.74) is 1.62. The van der Waals surface area contributed by atoms with Gasteiger partial charge in [0.2, 0.25) is 5.91 Å². The van der Waals surface area contributed by atoms with Crippen LogP contribution in [0.1, 0.15) is 36.2 Å². The van der Waals surface area contributed by atoms with E-state index in [1.54, 1.807) is 11.0 Å². The van der Waals surface area contributed by atoms with Gasteiger partial charge >= 0.3 is 0 Å². The Balaban J connectivity index is 2.47. The second-order valence-electron chi connectivity index (χ2n) is 4.54. The lowest BCUT2D eigenvalue weighted by atomic mass is 10.1. The van der Waals surface area contributed by atoms with Gasteiger partial charge in [-0.05, 0) is 44.5 Å². The van der Waals surface area contributed by atoms with Crippen molar-refractivity contribution >= 4 is 27.7 Å². The summed E-state index contributed by atoms with van der Waals surface area (Å²) < 4.78 is 0.978. The molecule has 2 amide bonds. The molecule has 0 saturated heterocycles. The minimum atomic E-state index is -0.145. The molecule has 0 aliphatic carbocycles. The Morgan fingerprint density at radius 2 is 1.90 bits per heavy atom. The quantitative estimate of drug-likeness (QED) is 0.865. The van der Waals surface area contributed by atoms with Gasteiger partial charge in [0.25, 0.3) is 5.91 Å². The van der Waals surface area contributed by atoms with Crippen molar-refractivity contribution in [2.24, 2.45) is 0 Å². The van der Waals surface area contributed by atoms with Gasteiger partial charge in [-0.15, -0.1) is 0 Å². The third-order valence-corrected chi connectivity index (χ3v) is 4.05. The van der Waals surface area contributed by atoms with E-state index in [1.807, 2.05) is 32.9 Å². The van der Waals surface area contributed by atoms with Crippen LogP contribution in [0.2, 0.25) is 0 Å². The van der Waals surface area contributed by atoms with E-state index in [-0.39, 0.29) is 11.8 Å². The highest BCUT2D eigenvalue weighted by atomic mass is 79.9. The predicted octanol–water partition coefficient (Wildman–Crippen LogP) is 2.75. The number of nitrogens with one attached hydrogen (secondary N) is 1. The molecule has 0 heterocycles. The van der Waals surface area contributed by atoms with E-state index >= 15 is 0 Å². The summed E-state index contributed by atoms with van der Waals surface area (Å²) >= 11 is 3.40. The molecule has 0 aliphatic heterocycles. The zero-order chi connectivity index (χ0) is 15.1. The molecule has 0 saturated carbocycles. The Morgan fingerprint density at radius 3 is 2.45 bits per heavy atom. The molecule has 0 unspecified atom stereocenters. The highest BCUT2D eigenvalue weighted by Gasteiger charge is 2.11. The molecule has 1 rings (SSSR count). The Morgan fingerprint density at radius 1 is 1.25 bits per heavy atom. The molecule has 0 aliphatic rings. The van der Waals surface area contributed by atoms with Gasteiger partial charge in [-0.25, -0.2) is 0 Å². The van der Waals surface area contributed by atoms with E-state index in [4.69, 9.17) is 0 Å². The predicted molar refractivity (Wildman–Crippen MR) is 83.8 cm³/mol. The number of halogens is 1. The number of aryl methyl sites for hydroxylation is 1. The van der Waals surface area contributed by atoms with Gasteiger partial charge in [0, 0.05) is 36.1 Å². The molecular formula is C15H21BrN2O2. The van der Waals surface area contributed by atoms with Crippen molar-refractivity contribution in [3.05, 3.63) is 33.8 Å². The normalized spacial score (nSPS) is 10.2. The standard InChI is InChI=1S/C15H21BrN2O2/c1-4-18(5-2)14(19)8-9-17-15(20)12-6-7-13(16)11(3)10-12/h6-7,10H,4-5,8-9H2,1-3H3,(H,17,20). The van der Waals surface area contributed by atoms with Gasteiger partial charge in [-0.2, -0.15) is 0 Å². The van der Waals surface area contributed by atoms with Gasteiger partial charge in [-0.3, -0.25) is 9.59 Å². The minimum absolute atomic E-state index is 0.0716. The first-order chi connectivity index (χ1) is 9.49. The molecule has 0 atom stereocenters. The SMILES string of the molecule is CCN(CC)C(=O)CCNC(=O)c1ccc(Br)c(C)c1. The molecule has 0 radical (unpaired) electrons. The first-order valence-corrected chi connectivity index (χ1v) is 7.61. The maximum Gasteiger partial charge on any atom is 0.251 e. The van der Waals surface area contributed by atoms with Crippen LogP contribution in [0.25, 0.3) is 0 Å². The van der Waals surface area contributed by atoms with Crippen molar-refractivity contribution in [1.82, 2.24) is 10.2 Å². The van der Waals surface area contributed by atoms with Crippen LogP contribution < -0.4 is 5.32 Å². The average Bonchev–Trinajstić information content (AvgIpc) is 2.43. The van der Waals surface area contributed by atoms with E-state index in [0.717, 1.165) is 10.0 Å². The highest BCUT2D eigenvalue weighted by molar-refractivity contribution is 9.10. The highest BCUT2D eigenvalue weighted by Crippen LogP contribution is 2.16. The van der Waals surface area contributed by atoms with E-state index in [0.29, 0.717) is 31.6 Å². The largest absolute Gasteiger partial charge is 0.352 e. The topological polar surface area (TPSA) is 49.4 Å². The molecular weight excluding hydrogens is 320 g/mol. The van der Waals surface area contributed by atoms with E-state index < -0.39 is 0 Å². The minimum Gasteiger partial charge on any atom is -0.352 e. The summed E-state index contributed by atoms with van der Waals surface area (Å²) in [5, 5.41) is 2.78. The van der Waals surface area contributed by atoms with E-state index in [9.17, 15) is 9.59 Å². The third-order valence-electron chi connectivity index (χ3n) is 3.16. The Hall–Kier alpha value is -1.36. The van der Waals surface area contributed by atoms with Crippen LogP contribution >= 0.6 is 15.9 Å². The molecule has 0 bridgehead atoms. The van der Waals surface area contributed by atoms with Crippen LogP contribution in [-0.4, -0.2) is 36.3 Å². The zero-order valence-electron chi connectivity index (χ0n) is 12.2. The number of carbonyl (C=O) groups is 2. The van der Waals surface area contributed by atoms with Gasteiger partial charge < -0.3 is 10.2 Å². The molecule has 0 fully saturated rings. The van der Waals surface area contributed by atoms with Crippen LogP contribution in [0.15, 0.2) is 22.7 Å². The maximum atomic E-state index is 11.9. The smallest absolute Gasteiger partial charge is 0.251 e. The number of carbonyl (C=O) groups excluding carboxylic acids is 2. The number of rotatable bonds is 6. The van der Waals surface area contributed by atoms with Gasteiger partial charge in [0.05, 0.1) is 0 Å². The molecule has 110 valence electrons. The second kappa shape index (κ2) is 8.04. The van der Waals surface area contributed by atoms with Crippen LogP contribution in [0, 0.1) is 6.92 Å². The first kappa shape index (κ1) is 16.7. The zero-order valence-corrected chi connectivity index (χ0v) is 13.8. The van der Waals surface area contributed by atoms with Crippen LogP contribution in [-0.2, 0) is 4.79 Å². The van der Waals surface area contributed by atoms with E-state index in [2.05, 4.69) is 21.2 Å². The molecule has 5 heteroatoms. The number of benzene rings is 1. The van der Waals surface area contributed by atoms with Crippen molar-refractivity contribution in [3.8, 4) is 0 Å². The van der Waals surface area contributed by atoms with Gasteiger partial charge in [-0.1, -0.05) is 15.9 Å². The fourth-order valence-electron chi connectivity index (χ4n) is 1.91. The number of nitrogens with zero attached hydrogens (tertiary/aromatic N) is 1. The molecule has 1 N–H and O–H groups in total. The van der Waals surface area contributed by atoms with E-state index in [1.165, 1.54) is 0 Å². The lowest BCUT2D eigenvalue weighted by Gasteiger charge is -2.18. The summed E-state index contributed by atoms with van der Waals surface area (Å²) in [6.45, 7) is 7.60. The summed E-state index contributed by atoms with van der Waals surface area (Å²) in [5.74, 6) is -0.0739. The van der Waals surface area contributed by atoms with Crippen LogP contribution in [0.4, 0.5) is 0 Å². The summed E-state index contributed by atoms with van der Waals surface area (Å²) in [6, 6.07) is 5.44. The van der Waals surface area contributed by atoms with Gasteiger partial charge in [0.1, 0.15) is 0 Å². The van der Waals surface area contributed by atoms with Crippen LogP contribution in [0.5, 0.6) is 0 Å². The summed E-state index contributed by atoms with van der Waals surface area (Å²) in [7, 11) is 0. The Labute approximate surface area is 128 Å². The van der Waals surface area contributed by atoms with Crippen molar-refractivity contribution in [1.29, 1.82) is 0 Å². The number of amides is 2. The monoisotopic (exact) mass is 340 g/mol. The Bertz CT molecular complexity index is 485. The molecule has 0 aromatic heterocycles. The lowest BCUT2D eigenvalue weighted by Crippen LogP contribution is -2.34. The van der Waals surface area contributed by atoms with Crippen molar-refractivity contribution < 1.29 is 9.59 Å². The molecule has 20 heavy (non-hydrogen) atoms. The lowest BCUT2D eigenvalue weighted by molar-refractivity contribution is -0.130. The first-order valence-electron chi connectivity index (χ1n) is 6.81. The third kappa shape index (κ3) is 4.63. The maximum absolute atomic E-state index is 11.9. The van der Waals surface area contributed by atoms with Crippen LogP contribution in [0.3, 0.4) is 0 Å². The Kier molecular flexibility index (Phi) is 6.71. The molecule has 1 aromatic carbocycles. The molecule has 1 aromatic rings. The number of hydrogen-bond acceptors (Lipinski definition) is 2. The average molecular weight is 341 g/mol. The van der Waals surface area contributed by atoms with Crippen molar-refractivity contribution in [3.63, 3.8) is 0 Å². The summed E-state index contributed by atoms with van der Waals surface area (Å²) in [4.78, 5) is 25.5. The van der Waals surface area contributed by atoms with Crippen molar-refractivity contribution in [2.45, 2.75) is 27.2 Å². The van der Waals surface area contributed by atoms with Crippen molar-refractivity contribution in [2.75, 3.05) is 19.6 Å². The summed E-state index contributed by atoms with van der Waals surface area (Å²) in [6.07, 6.45) is 0.336. The number of hydrogen-bond donors (Lipinski definition) is 1. The second-order valence-corrected chi connectivity index (χ2v) is 5.39. The fraction of sp³-hybridized carbons (Fsp3) is 0.467. The molecule has 4 nitrogen and oxygen atoms in total. The molecule has 0 spiro atoms. The van der Waals surface area contributed by atoms with Gasteiger partial charge in [0.15, 0.2) is 0 Å².